The van der Waals surface area contributed by atoms with Crippen molar-refractivity contribution in [3.8, 4) is 5.75 Å². The van der Waals surface area contributed by atoms with Gasteiger partial charge in [0.15, 0.2) is 0 Å². The number of ether oxygens (including phenoxy) is 1. The molecule has 0 atom stereocenters. The van der Waals surface area contributed by atoms with Crippen molar-refractivity contribution in [2.45, 2.75) is 12.8 Å². The van der Waals surface area contributed by atoms with Crippen molar-refractivity contribution in [1.29, 1.82) is 0 Å². The molecule has 1 amide bonds. The van der Waals surface area contributed by atoms with E-state index in [9.17, 15) is 4.79 Å². The zero-order chi connectivity index (χ0) is 17.6. The van der Waals surface area contributed by atoms with Crippen LogP contribution in [0.25, 0.3) is 0 Å². The Morgan fingerprint density at radius 3 is 2.68 bits per heavy atom. The van der Waals surface area contributed by atoms with Gasteiger partial charge in [-0.1, -0.05) is 18.2 Å². The number of methoxy groups -OCH3 is 1. The normalized spacial score (nSPS) is 15.0. The van der Waals surface area contributed by atoms with Crippen LogP contribution in [0.3, 0.4) is 0 Å². The van der Waals surface area contributed by atoms with Gasteiger partial charge in [-0.3, -0.25) is 4.79 Å². The molecule has 1 fully saturated rings. The number of hydrogen-bond donors (Lipinski definition) is 2. The van der Waals surface area contributed by atoms with Crippen LogP contribution in [0.2, 0.25) is 0 Å². The smallest absolute Gasteiger partial charge is 0.255 e. The Balaban J connectivity index is 1.77. The maximum Gasteiger partial charge on any atom is 0.255 e. The van der Waals surface area contributed by atoms with E-state index in [2.05, 4.69) is 5.32 Å². The Morgan fingerprint density at radius 2 is 1.96 bits per heavy atom. The minimum atomic E-state index is 0.0708. The fraction of sp³-hybridized carbons (Fsp3) is 0.350. The van der Waals surface area contributed by atoms with E-state index in [1.54, 1.807) is 7.11 Å². The third-order valence-electron chi connectivity index (χ3n) is 4.74. The van der Waals surface area contributed by atoms with E-state index in [1.807, 2.05) is 53.4 Å². The highest BCUT2D eigenvalue weighted by Crippen LogP contribution is 2.26. The lowest BCUT2D eigenvalue weighted by Crippen LogP contribution is -2.40. The van der Waals surface area contributed by atoms with Gasteiger partial charge in [-0.2, -0.15) is 0 Å². The van der Waals surface area contributed by atoms with Gasteiger partial charge in [0, 0.05) is 24.8 Å². The summed E-state index contributed by atoms with van der Waals surface area (Å²) >= 11 is 0. The number of carbonyl (C=O) groups excluding carboxylic acids is 1. The maximum absolute atomic E-state index is 13.0. The number of nitrogens with zero attached hydrogens (tertiary/aromatic N) is 1. The lowest BCUT2D eigenvalue weighted by Gasteiger charge is -2.32. The second-order valence-corrected chi connectivity index (χ2v) is 6.37. The van der Waals surface area contributed by atoms with Gasteiger partial charge < -0.3 is 20.7 Å². The molecule has 1 heterocycles. The van der Waals surface area contributed by atoms with Crippen LogP contribution in [-0.2, 0) is 0 Å². The van der Waals surface area contributed by atoms with Gasteiger partial charge in [0.05, 0.1) is 18.4 Å². The van der Waals surface area contributed by atoms with Crippen LogP contribution >= 0.6 is 0 Å². The largest absolute Gasteiger partial charge is 0.497 e. The second kappa shape index (κ2) is 8.03. The lowest BCUT2D eigenvalue weighted by atomic mass is 9.96. The van der Waals surface area contributed by atoms with Crippen LogP contribution in [0.15, 0.2) is 48.5 Å². The first-order valence-corrected chi connectivity index (χ1v) is 8.70. The number of piperidine rings is 1. The molecule has 5 heteroatoms. The predicted molar refractivity (Wildman–Crippen MR) is 100 cm³/mol. The first-order chi connectivity index (χ1) is 12.2. The number of amides is 1. The molecular weight excluding hydrogens is 314 g/mol. The number of benzene rings is 2. The van der Waals surface area contributed by atoms with Crippen LogP contribution in [0.1, 0.15) is 23.2 Å². The van der Waals surface area contributed by atoms with Gasteiger partial charge in [-0.15, -0.1) is 0 Å². The Morgan fingerprint density at radius 1 is 1.20 bits per heavy atom. The number of carbonyl (C=O) groups is 1. The number of rotatable bonds is 5. The van der Waals surface area contributed by atoms with E-state index in [0.29, 0.717) is 18.0 Å². The molecule has 2 aromatic carbocycles. The highest BCUT2D eigenvalue weighted by molar-refractivity contribution is 6.00. The minimum Gasteiger partial charge on any atom is -0.497 e. The van der Waals surface area contributed by atoms with Crippen molar-refractivity contribution in [3.05, 3.63) is 54.1 Å². The number of para-hydroxylation sites is 1. The third-order valence-corrected chi connectivity index (χ3v) is 4.74. The molecule has 3 rings (SSSR count). The molecule has 132 valence electrons. The van der Waals surface area contributed by atoms with Crippen molar-refractivity contribution >= 4 is 17.3 Å². The monoisotopic (exact) mass is 339 g/mol. The van der Waals surface area contributed by atoms with Gasteiger partial charge in [-0.05, 0) is 49.6 Å². The summed E-state index contributed by atoms with van der Waals surface area (Å²) in [7, 11) is 1.64. The summed E-state index contributed by atoms with van der Waals surface area (Å²) in [4.78, 5) is 14.9. The molecule has 0 aromatic heterocycles. The zero-order valence-corrected chi connectivity index (χ0v) is 14.6. The molecule has 2 aromatic rings. The van der Waals surface area contributed by atoms with Gasteiger partial charge in [-0.25, -0.2) is 0 Å². The first kappa shape index (κ1) is 17.3. The number of nitrogens with two attached hydrogens (primary N) is 1. The summed E-state index contributed by atoms with van der Waals surface area (Å²) in [5.74, 6) is 1.38. The number of anilines is 2. The number of likely N-dealkylation sites (tertiary alicyclic amines) is 1. The molecule has 0 aliphatic carbocycles. The number of nitrogens with one attached hydrogen (secondary N) is 1. The lowest BCUT2D eigenvalue weighted by molar-refractivity contribution is 0.0694. The Labute approximate surface area is 148 Å². The predicted octanol–water partition coefficient (Wildman–Crippen LogP) is 3.25. The van der Waals surface area contributed by atoms with Crippen LogP contribution in [0.5, 0.6) is 5.75 Å². The molecule has 5 nitrogen and oxygen atoms in total. The van der Waals surface area contributed by atoms with E-state index in [-0.39, 0.29) is 5.91 Å². The van der Waals surface area contributed by atoms with Crippen molar-refractivity contribution < 1.29 is 9.53 Å². The highest BCUT2D eigenvalue weighted by Gasteiger charge is 2.24. The van der Waals surface area contributed by atoms with Gasteiger partial charge in [0.1, 0.15) is 5.75 Å². The minimum absolute atomic E-state index is 0.0708. The zero-order valence-electron chi connectivity index (χ0n) is 14.6. The van der Waals surface area contributed by atoms with E-state index in [0.717, 1.165) is 43.1 Å². The summed E-state index contributed by atoms with van der Waals surface area (Å²) in [5.41, 5.74) is 8.13. The highest BCUT2D eigenvalue weighted by atomic mass is 16.5. The summed E-state index contributed by atoms with van der Waals surface area (Å²) in [5, 5.41) is 3.34. The molecule has 3 N–H and O–H groups in total. The molecule has 0 radical (unpaired) electrons. The summed E-state index contributed by atoms with van der Waals surface area (Å²) in [6.07, 6.45) is 1.96. The van der Waals surface area contributed by atoms with Crippen LogP contribution in [0, 0.1) is 5.92 Å². The van der Waals surface area contributed by atoms with Gasteiger partial charge in [0.2, 0.25) is 0 Å². The summed E-state index contributed by atoms with van der Waals surface area (Å²) < 4.78 is 5.26. The van der Waals surface area contributed by atoms with Crippen molar-refractivity contribution in [2.75, 3.05) is 32.1 Å². The molecule has 0 unspecified atom stereocenters. The molecule has 1 saturated heterocycles. The summed E-state index contributed by atoms with van der Waals surface area (Å²) in [6, 6.07) is 15.3. The van der Waals surface area contributed by atoms with Gasteiger partial charge >= 0.3 is 0 Å². The fourth-order valence-corrected chi connectivity index (χ4v) is 3.18. The van der Waals surface area contributed by atoms with Crippen molar-refractivity contribution in [1.82, 2.24) is 4.90 Å². The molecular formula is C20H25N3O2. The molecule has 0 spiro atoms. The second-order valence-electron chi connectivity index (χ2n) is 6.37. The van der Waals surface area contributed by atoms with Crippen LogP contribution in [0.4, 0.5) is 11.4 Å². The van der Waals surface area contributed by atoms with Crippen molar-refractivity contribution in [2.24, 2.45) is 11.7 Å². The van der Waals surface area contributed by atoms with E-state index in [4.69, 9.17) is 10.5 Å². The average molecular weight is 339 g/mol. The quantitative estimate of drug-likeness (QED) is 0.877. The standard InChI is InChI=1S/C20H25N3O2/c1-25-17-6-4-5-16(13-17)22-19-8-3-2-7-18(19)20(24)23-11-9-15(14-21)10-12-23/h2-8,13,15,22H,9-12,14,21H2,1H3. The molecule has 0 saturated carbocycles. The van der Waals surface area contributed by atoms with Crippen LogP contribution < -0.4 is 15.8 Å². The average Bonchev–Trinajstić information content (AvgIpc) is 2.68. The summed E-state index contributed by atoms with van der Waals surface area (Å²) in [6.45, 7) is 2.25. The third kappa shape index (κ3) is 4.12. The Hall–Kier alpha value is -2.53. The maximum atomic E-state index is 13.0. The first-order valence-electron chi connectivity index (χ1n) is 8.70. The Bertz CT molecular complexity index is 724. The topological polar surface area (TPSA) is 67.6 Å². The fourth-order valence-electron chi connectivity index (χ4n) is 3.18. The number of hydrogen-bond acceptors (Lipinski definition) is 4. The molecule has 1 aliphatic rings. The van der Waals surface area contributed by atoms with E-state index >= 15 is 0 Å². The van der Waals surface area contributed by atoms with E-state index < -0.39 is 0 Å². The molecule has 1 aliphatic heterocycles. The molecule has 25 heavy (non-hydrogen) atoms. The van der Waals surface area contributed by atoms with E-state index in [1.165, 1.54) is 0 Å². The Kier molecular flexibility index (Phi) is 5.56. The molecule has 0 bridgehead atoms. The van der Waals surface area contributed by atoms with Crippen LogP contribution in [-0.4, -0.2) is 37.6 Å². The SMILES string of the molecule is COc1cccc(Nc2ccccc2C(=O)N2CCC(CN)CC2)c1. The van der Waals surface area contributed by atoms with Crippen molar-refractivity contribution in [3.63, 3.8) is 0 Å². The van der Waals surface area contributed by atoms with Gasteiger partial charge in [0.25, 0.3) is 5.91 Å².